The Morgan fingerprint density at radius 1 is 1.25 bits per heavy atom. The van der Waals surface area contributed by atoms with Gasteiger partial charge in [-0.05, 0) is 12.0 Å². The fourth-order valence-corrected chi connectivity index (χ4v) is 1.69. The Hall–Kier alpha value is -1.00. The molecule has 0 saturated heterocycles. The molecule has 0 radical (unpaired) electrons. The molecule has 16 heavy (non-hydrogen) atoms. The average molecular weight is 230 g/mol. The molecule has 90 valence electrons. The molecular formula is C12H16F2O2. The van der Waals surface area contributed by atoms with Gasteiger partial charge in [0.05, 0.1) is 6.10 Å². The van der Waals surface area contributed by atoms with Gasteiger partial charge in [-0.25, -0.2) is 8.78 Å². The number of ether oxygens (including phenoxy) is 1. The number of benzene rings is 1. The van der Waals surface area contributed by atoms with E-state index in [1.54, 1.807) is 0 Å². The quantitative estimate of drug-likeness (QED) is 0.861. The van der Waals surface area contributed by atoms with Crippen molar-refractivity contribution in [2.75, 3.05) is 7.11 Å². The smallest absolute Gasteiger partial charge is 0.164 e. The summed E-state index contributed by atoms with van der Waals surface area (Å²) in [5, 5.41) is 9.92. The second-order valence-electron chi connectivity index (χ2n) is 4.03. The van der Waals surface area contributed by atoms with Crippen molar-refractivity contribution in [3.63, 3.8) is 0 Å². The van der Waals surface area contributed by atoms with Crippen molar-refractivity contribution in [3.05, 3.63) is 35.4 Å². The van der Waals surface area contributed by atoms with E-state index in [2.05, 4.69) is 0 Å². The minimum absolute atomic E-state index is 0.00247. The summed E-state index contributed by atoms with van der Waals surface area (Å²) in [6, 6.07) is 3.74. The molecule has 1 N–H and O–H groups in total. The maximum atomic E-state index is 13.4. The molecular weight excluding hydrogens is 214 g/mol. The number of rotatable bonds is 4. The first kappa shape index (κ1) is 13.1. The minimum atomic E-state index is -1.17. The Morgan fingerprint density at radius 2 is 1.88 bits per heavy atom. The van der Waals surface area contributed by atoms with Gasteiger partial charge in [0.2, 0.25) is 0 Å². The Bertz CT molecular complexity index is 353. The minimum Gasteiger partial charge on any atom is -0.386 e. The first-order chi connectivity index (χ1) is 7.49. The van der Waals surface area contributed by atoms with Gasteiger partial charge in [0.1, 0.15) is 6.10 Å². The summed E-state index contributed by atoms with van der Waals surface area (Å²) in [4.78, 5) is 0. The summed E-state index contributed by atoms with van der Waals surface area (Å²) in [5.41, 5.74) is -0.0689. The first-order valence-electron chi connectivity index (χ1n) is 5.13. The molecule has 0 spiro atoms. The zero-order valence-electron chi connectivity index (χ0n) is 9.58. The van der Waals surface area contributed by atoms with Gasteiger partial charge in [0.15, 0.2) is 11.6 Å². The fraction of sp³-hybridized carbons (Fsp3) is 0.500. The highest BCUT2D eigenvalue weighted by Gasteiger charge is 2.27. The van der Waals surface area contributed by atoms with Crippen LogP contribution in [-0.2, 0) is 4.74 Å². The largest absolute Gasteiger partial charge is 0.386 e. The van der Waals surface area contributed by atoms with Crippen molar-refractivity contribution < 1.29 is 18.6 Å². The predicted molar refractivity (Wildman–Crippen MR) is 57.0 cm³/mol. The van der Waals surface area contributed by atoms with Crippen LogP contribution in [0.1, 0.15) is 25.5 Å². The Balaban J connectivity index is 3.03. The molecule has 0 amide bonds. The summed E-state index contributed by atoms with van der Waals surface area (Å²) >= 11 is 0. The molecule has 4 heteroatoms. The van der Waals surface area contributed by atoms with Gasteiger partial charge < -0.3 is 9.84 Å². The number of methoxy groups -OCH3 is 1. The Labute approximate surface area is 93.9 Å². The normalized spacial score (nSPS) is 15.2. The molecule has 0 aliphatic carbocycles. The number of hydrogen-bond donors (Lipinski definition) is 1. The molecule has 2 atom stereocenters. The molecule has 2 nitrogen and oxygen atoms in total. The zero-order chi connectivity index (χ0) is 12.3. The van der Waals surface area contributed by atoms with Crippen LogP contribution in [0.15, 0.2) is 18.2 Å². The Kier molecular flexibility index (Phi) is 4.38. The van der Waals surface area contributed by atoms with Crippen molar-refractivity contribution in [1.29, 1.82) is 0 Å². The highest BCUT2D eigenvalue weighted by atomic mass is 19.2. The third-order valence-corrected chi connectivity index (χ3v) is 2.54. The van der Waals surface area contributed by atoms with Crippen LogP contribution in [0, 0.1) is 17.6 Å². The predicted octanol–water partition coefficient (Wildman–Crippen LogP) is 2.67. The van der Waals surface area contributed by atoms with Crippen LogP contribution in [0.2, 0.25) is 0 Å². The van der Waals surface area contributed by atoms with Gasteiger partial charge in [-0.2, -0.15) is 0 Å². The van der Waals surface area contributed by atoms with E-state index in [4.69, 9.17) is 4.74 Å². The molecule has 0 saturated carbocycles. The van der Waals surface area contributed by atoms with E-state index in [1.807, 2.05) is 13.8 Å². The van der Waals surface area contributed by atoms with E-state index in [-0.39, 0.29) is 11.5 Å². The second-order valence-corrected chi connectivity index (χ2v) is 4.03. The monoisotopic (exact) mass is 230 g/mol. The lowest BCUT2D eigenvalue weighted by Crippen LogP contribution is -2.27. The van der Waals surface area contributed by atoms with Crippen molar-refractivity contribution in [1.82, 2.24) is 0 Å². The summed E-state index contributed by atoms with van der Waals surface area (Å²) in [6.45, 7) is 3.68. The fourth-order valence-electron chi connectivity index (χ4n) is 1.69. The van der Waals surface area contributed by atoms with Crippen molar-refractivity contribution >= 4 is 0 Å². The van der Waals surface area contributed by atoms with Crippen LogP contribution in [0.25, 0.3) is 0 Å². The van der Waals surface area contributed by atoms with Gasteiger partial charge in [-0.1, -0.05) is 26.0 Å². The molecule has 0 aromatic heterocycles. The lowest BCUT2D eigenvalue weighted by molar-refractivity contribution is -0.0406. The van der Waals surface area contributed by atoms with Crippen LogP contribution < -0.4 is 0 Å². The summed E-state index contributed by atoms with van der Waals surface area (Å²) in [5.74, 6) is -1.98. The summed E-state index contributed by atoms with van der Waals surface area (Å²) in [7, 11) is 1.44. The van der Waals surface area contributed by atoms with Crippen molar-refractivity contribution in [3.8, 4) is 0 Å². The first-order valence-corrected chi connectivity index (χ1v) is 5.13. The van der Waals surface area contributed by atoms with Crippen LogP contribution in [0.3, 0.4) is 0 Å². The van der Waals surface area contributed by atoms with Gasteiger partial charge in [-0.15, -0.1) is 0 Å². The highest BCUT2D eigenvalue weighted by molar-refractivity contribution is 5.22. The van der Waals surface area contributed by atoms with E-state index >= 15 is 0 Å². The lowest BCUT2D eigenvalue weighted by Gasteiger charge is -2.25. The van der Waals surface area contributed by atoms with E-state index in [0.29, 0.717) is 0 Å². The van der Waals surface area contributed by atoms with Crippen molar-refractivity contribution in [2.45, 2.75) is 26.1 Å². The standard InChI is InChI=1S/C12H16F2O2/c1-7(2)12(16-3)11(15)8-5-4-6-9(13)10(8)14/h4-7,11-12,15H,1-3H3. The highest BCUT2D eigenvalue weighted by Crippen LogP contribution is 2.27. The third-order valence-electron chi connectivity index (χ3n) is 2.54. The van der Waals surface area contributed by atoms with Crippen molar-refractivity contribution in [2.24, 2.45) is 5.92 Å². The van der Waals surface area contributed by atoms with E-state index in [1.165, 1.54) is 19.2 Å². The maximum Gasteiger partial charge on any atom is 0.164 e. The Morgan fingerprint density at radius 3 is 2.38 bits per heavy atom. The van der Waals surface area contributed by atoms with E-state index in [9.17, 15) is 13.9 Å². The van der Waals surface area contributed by atoms with Crippen LogP contribution >= 0.6 is 0 Å². The molecule has 0 fully saturated rings. The van der Waals surface area contributed by atoms with Crippen LogP contribution in [0.4, 0.5) is 8.78 Å². The number of hydrogen-bond acceptors (Lipinski definition) is 2. The molecule has 1 aromatic carbocycles. The molecule has 0 aliphatic heterocycles. The van der Waals surface area contributed by atoms with Crippen LogP contribution in [-0.4, -0.2) is 18.3 Å². The molecule has 0 bridgehead atoms. The van der Waals surface area contributed by atoms with E-state index in [0.717, 1.165) is 6.07 Å². The van der Waals surface area contributed by atoms with E-state index < -0.39 is 23.8 Å². The zero-order valence-corrected chi connectivity index (χ0v) is 9.58. The van der Waals surface area contributed by atoms with Gasteiger partial charge in [0, 0.05) is 12.7 Å². The lowest BCUT2D eigenvalue weighted by atomic mass is 9.95. The molecule has 0 aliphatic rings. The third kappa shape index (κ3) is 2.57. The van der Waals surface area contributed by atoms with Gasteiger partial charge in [0.25, 0.3) is 0 Å². The maximum absolute atomic E-state index is 13.4. The van der Waals surface area contributed by atoms with Gasteiger partial charge >= 0.3 is 0 Å². The van der Waals surface area contributed by atoms with Gasteiger partial charge in [-0.3, -0.25) is 0 Å². The number of halogens is 2. The SMILES string of the molecule is COC(C(C)C)C(O)c1cccc(F)c1F. The summed E-state index contributed by atoms with van der Waals surface area (Å²) in [6.07, 6.45) is -1.73. The topological polar surface area (TPSA) is 29.5 Å². The number of aliphatic hydroxyl groups is 1. The number of aliphatic hydroxyl groups excluding tert-OH is 1. The molecule has 1 aromatic rings. The van der Waals surface area contributed by atoms with Crippen LogP contribution in [0.5, 0.6) is 0 Å². The molecule has 2 unspecified atom stereocenters. The summed E-state index contributed by atoms with van der Waals surface area (Å²) < 4.78 is 31.5. The average Bonchev–Trinajstić information content (AvgIpc) is 2.22. The second kappa shape index (κ2) is 5.37. The molecule has 1 rings (SSSR count). The molecule has 0 heterocycles.